The van der Waals surface area contributed by atoms with E-state index >= 15 is 0 Å². The van der Waals surface area contributed by atoms with Crippen LogP contribution >= 0.6 is 11.3 Å². The van der Waals surface area contributed by atoms with Gasteiger partial charge in [-0.15, -0.1) is 11.3 Å². The van der Waals surface area contributed by atoms with E-state index in [9.17, 15) is 9.59 Å². The van der Waals surface area contributed by atoms with Crippen molar-refractivity contribution in [3.63, 3.8) is 0 Å². The average molecular weight is 417 g/mol. The lowest BCUT2D eigenvalue weighted by Gasteiger charge is -2.08. The molecule has 2 aromatic carbocycles. The third-order valence-electron chi connectivity index (χ3n) is 4.63. The van der Waals surface area contributed by atoms with Gasteiger partial charge in [0.15, 0.2) is 0 Å². The number of nitrogens with zero attached hydrogens (tertiary/aromatic N) is 2. The molecule has 30 heavy (non-hydrogen) atoms. The molecule has 2 heterocycles. The van der Waals surface area contributed by atoms with E-state index < -0.39 is 5.91 Å². The molecule has 0 bridgehead atoms. The van der Waals surface area contributed by atoms with Gasteiger partial charge in [-0.3, -0.25) is 25.1 Å². The van der Waals surface area contributed by atoms with Crippen molar-refractivity contribution in [1.82, 2.24) is 20.6 Å². The zero-order valence-electron chi connectivity index (χ0n) is 16.3. The molecule has 150 valence electrons. The molecule has 0 radical (unpaired) electrons. The van der Waals surface area contributed by atoms with E-state index in [2.05, 4.69) is 16.0 Å². The minimum Gasteiger partial charge on any atom is -0.267 e. The highest BCUT2D eigenvalue weighted by Crippen LogP contribution is 2.27. The average Bonchev–Trinajstić information content (AvgIpc) is 3.43. The normalized spacial score (nSPS) is 10.6. The second-order valence-electron chi connectivity index (χ2n) is 6.78. The van der Waals surface area contributed by atoms with Gasteiger partial charge in [0.05, 0.1) is 17.0 Å². The summed E-state index contributed by atoms with van der Waals surface area (Å²) in [6.45, 7) is 2.39. The summed E-state index contributed by atoms with van der Waals surface area (Å²) in [7, 11) is 0. The molecule has 4 rings (SSSR count). The molecule has 0 saturated carbocycles. The first-order valence-corrected chi connectivity index (χ1v) is 10.3. The van der Waals surface area contributed by atoms with Crippen LogP contribution in [0.15, 0.2) is 78.3 Å². The van der Waals surface area contributed by atoms with E-state index in [-0.39, 0.29) is 5.91 Å². The number of rotatable bonds is 5. The standard InChI is InChI=1S/C23H20N4O2S/c1-16-8-5-6-11-18(16)22(28)24-25-23(29)19-15-27(14-17-9-3-2-4-10-17)26-21(19)20-12-7-13-30-20/h2-13,15H,14H2,1H3,(H,24,28)(H,25,29). The third kappa shape index (κ3) is 4.31. The minimum absolute atomic E-state index is 0.365. The third-order valence-corrected chi connectivity index (χ3v) is 5.50. The molecule has 6 nitrogen and oxygen atoms in total. The summed E-state index contributed by atoms with van der Waals surface area (Å²) in [5, 5.41) is 6.56. The summed E-state index contributed by atoms with van der Waals surface area (Å²) < 4.78 is 1.74. The maximum atomic E-state index is 12.9. The van der Waals surface area contributed by atoms with Gasteiger partial charge in [0.25, 0.3) is 11.8 Å². The van der Waals surface area contributed by atoms with E-state index in [1.807, 2.05) is 66.9 Å². The number of carbonyl (C=O) groups excluding carboxylic acids is 2. The smallest absolute Gasteiger partial charge is 0.267 e. The molecule has 4 aromatic rings. The number of hydrogen-bond donors (Lipinski definition) is 2. The molecule has 2 amide bonds. The highest BCUT2D eigenvalue weighted by Gasteiger charge is 2.20. The number of aryl methyl sites for hydroxylation is 1. The lowest BCUT2D eigenvalue weighted by Crippen LogP contribution is -2.41. The summed E-state index contributed by atoms with van der Waals surface area (Å²) in [6.07, 6.45) is 1.71. The van der Waals surface area contributed by atoms with Gasteiger partial charge in [0.2, 0.25) is 0 Å². The van der Waals surface area contributed by atoms with Crippen LogP contribution in [0.4, 0.5) is 0 Å². The van der Waals surface area contributed by atoms with Crippen molar-refractivity contribution in [2.75, 3.05) is 0 Å². The second kappa shape index (κ2) is 8.75. The Balaban J connectivity index is 1.55. The zero-order valence-corrected chi connectivity index (χ0v) is 17.1. The Morgan fingerprint density at radius 3 is 2.30 bits per heavy atom. The van der Waals surface area contributed by atoms with Crippen molar-refractivity contribution in [2.24, 2.45) is 0 Å². The molecule has 2 N–H and O–H groups in total. The summed E-state index contributed by atoms with van der Waals surface area (Å²) in [5.41, 5.74) is 8.43. The number of hydrazine groups is 1. The van der Waals surface area contributed by atoms with Crippen molar-refractivity contribution in [3.8, 4) is 10.6 Å². The van der Waals surface area contributed by atoms with Crippen molar-refractivity contribution in [3.05, 3.63) is 101 Å². The Hall–Kier alpha value is -3.71. The maximum absolute atomic E-state index is 12.9. The van der Waals surface area contributed by atoms with Crippen LogP contribution in [-0.4, -0.2) is 21.6 Å². The second-order valence-corrected chi connectivity index (χ2v) is 7.72. The summed E-state index contributed by atoms with van der Waals surface area (Å²) in [4.78, 5) is 26.2. The predicted molar refractivity (Wildman–Crippen MR) is 117 cm³/mol. The van der Waals surface area contributed by atoms with Gasteiger partial charge in [0, 0.05) is 11.8 Å². The number of thiophene rings is 1. The molecule has 0 spiro atoms. The minimum atomic E-state index is -0.417. The van der Waals surface area contributed by atoms with Gasteiger partial charge in [-0.1, -0.05) is 54.6 Å². The fourth-order valence-electron chi connectivity index (χ4n) is 3.11. The van der Waals surface area contributed by atoms with Crippen LogP contribution in [0.5, 0.6) is 0 Å². The summed E-state index contributed by atoms with van der Waals surface area (Å²) >= 11 is 1.51. The van der Waals surface area contributed by atoms with Crippen molar-refractivity contribution < 1.29 is 9.59 Å². The van der Waals surface area contributed by atoms with Crippen LogP contribution in [0.1, 0.15) is 31.8 Å². The Morgan fingerprint density at radius 1 is 0.900 bits per heavy atom. The highest BCUT2D eigenvalue weighted by atomic mass is 32.1. The van der Waals surface area contributed by atoms with E-state index in [1.165, 1.54) is 11.3 Å². The van der Waals surface area contributed by atoms with E-state index in [0.29, 0.717) is 23.4 Å². The van der Waals surface area contributed by atoms with Crippen LogP contribution in [0.2, 0.25) is 0 Å². The van der Waals surface area contributed by atoms with Crippen molar-refractivity contribution >= 4 is 23.2 Å². The molecule has 0 fully saturated rings. The van der Waals surface area contributed by atoms with Gasteiger partial charge in [-0.2, -0.15) is 5.10 Å². The molecule has 0 aliphatic rings. The van der Waals surface area contributed by atoms with Gasteiger partial charge in [0.1, 0.15) is 5.69 Å². The lowest BCUT2D eigenvalue weighted by atomic mass is 10.1. The Morgan fingerprint density at radius 2 is 1.60 bits per heavy atom. The van der Waals surface area contributed by atoms with Crippen LogP contribution in [-0.2, 0) is 6.54 Å². The topological polar surface area (TPSA) is 76.0 Å². The Kier molecular flexibility index (Phi) is 5.72. The lowest BCUT2D eigenvalue weighted by molar-refractivity contribution is 0.0846. The molecule has 2 aromatic heterocycles. The van der Waals surface area contributed by atoms with Crippen molar-refractivity contribution in [2.45, 2.75) is 13.5 Å². The zero-order chi connectivity index (χ0) is 20.9. The van der Waals surface area contributed by atoms with Crippen LogP contribution in [0.25, 0.3) is 10.6 Å². The highest BCUT2D eigenvalue weighted by molar-refractivity contribution is 7.13. The van der Waals surface area contributed by atoms with E-state index in [0.717, 1.165) is 16.0 Å². The monoisotopic (exact) mass is 416 g/mol. The van der Waals surface area contributed by atoms with E-state index in [1.54, 1.807) is 23.0 Å². The Labute approximate surface area is 178 Å². The van der Waals surface area contributed by atoms with Gasteiger partial charge in [-0.05, 0) is 35.6 Å². The molecule has 0 aliphatic heterocycles. The Bertz CT molecular complexity index is 1170. The van der Waals surface area contributed by atoms with Crippen LogP contribution in [0.3, 0.4) is 0 Å². The first kappa shape index (κ1) is 19.6. The van der Waals surface area contributed by atoms with Gasteiger partial charge >= 0.3 is 0 Å². The fourth-order valence-corrected chi connectivity index (χ4v) is 3.83. The van der Waals surface area contributed by atoms with Crippen LogP contribution in [0, 0.1) is 6.92 Å². The fraction of sp³-hybridized carbons (Fsp3) is 0.0870. The number of benzene rings is 2. The molecule has 0 unspecified atom stereocenters. The molecular formula is C23H20N4O2S. The molecule has 7 heteroatoms. The quantitative estimate of drug-likeness (QED) is 0.482. The maximum Gasteiger partial charge on any atom is 0.273 e. The van der Waals surface area contributed by atoms with E-state index in [4.69, 9.17) is 0 Å². The number of hydrogen-bond acceptors (Lipinski definition) is 4. The summed E-state index contributed by atoms with van der Waals surface area (Å²) in [5.74, 6) is -0.782. The molecule has 0 aliphatic carbocycles. The molecule has 0 saturated heterocycles. The van der Waals surface area contributed by atoms with Gasteiger partial charge < -0.3 is 0 Å². The van der Waals surface area contributed by atoms with Crippen LogP contribution < -0.4 is 10.9 Å². The molecular weight excluding hydrogens is 396 g/mol. The number of carbonyl (C=O) groups is 2. The SMILES string of the molecule is Cc1ccccc1C(=O)NNC(=O)c1cn(Cc2ccccc2)nc1-c1cccs1. The summed E-state index contributed by atoms with van der Waals surface area (Å²) in [6, 6.07) is 20.9. The first-order valence-electron chi connectivity index (χ1n) is 9.43. The first-order chi connectivity index (χ1) is 14.6. The van der Waals surface area contributed by atoms with Crippen molar-refractivity contribution in [1.29, 1.82) is 0 Å². The largest absolute Gasteiger partial charge is 0.273 e. The molecule has 0 atom stereocenters. The number of amides is 2. The number of nitrogens with one attached hydrogen (secondary N) is 2. The van der Waals surface area contributed by atoms with Gasteiger partial charge in [-0.25, -0.2) is 0 Å². The predicted octanol–water partition coefficient (Wildman–Crippen LogP) is 4.04. The number of aromatic nitrogens is 2.